The Kier molecular flexibility index (Phi) is 8.34. The van der Waals surface area contributed by atoms with Gasteiger partial charge in [0.2, 0.25) is 5.91 Å². The fraction of sp³-hybridized carbons (Fsp3) is 0.944. The lowest BCUT2D eigenvalue weighted by atomic mass is 9.96. The van der Waals surface area contributed by atoms with Gasteiger partial charge < -0.3 is 9.64 Å². The third kappa shape index (κ3) is 6.40. The van der Waals surface area contributed by atoms with Gasteiger partial charge in [0, 0.05) is 32.7 Å². The highest BCUT2D eigenvalue weighted by molar-refractivity contribution is 5.78. The SMILES string of the molecule is CCCN(CCC)C(=O)CN1CCC(CN2CCOCC2)CC1. The van der Waals surface area contributed by atoms with Gasteiger partial charge in [0.15, 0.2) is 0 Å². The Labute approximate surface area is 141 Å². The van der Waals surface area contributed by atoms with Crippen LogP contribution in [0.25, 0.3) is 0 Å². The number of nitrogens with zero attached hydrogens (tertiary/aromatic N) is 3. The van der Waals surface area contributed by atoms with Crippen LogP contribution >= 0.6 is 0 Å². The monoisotopic (exact) mass is 325 g/mol. The van der Waals surface area contributed by atoms with E-state index >= 15 is 0 Å². The zero-order valence-electron chi connectivity index (χ0n) is 15.1. The van der Waals surface area contributed by atoms with Crippen molar-refractivity contribution in [3.8, 4) is 0 Å². The minimum absolute atomic E-state index is 0.320. The average Bonchev–Trinajstić information content (AvgIpc) is 2.57. The number of hydrogen-bond acceptors (Lipinski definition) is 4. The van der Waals surface area contributed by atoms with Crippen LogP contribution in [-0.4, -0.2) is 86.2 Å². The maximum Gasteiger partial charge on any atom is 0.236 e. The molecule has 2 aliphatic heterocycles. The Hall–Kier alpha value is -0.650. The number of carbonyl (C=O) groups excluding carboxylic acids is 1. The van der Waals surface area contributed by atoms with Gasteiger partial charge >= 0.3 is 0 Å². The molecule has 5 heteroatoms. The van der Waals surface area contributed by atoms with Crippen molar-refractivity contribution in [1.29, 1.82) is 0 Å². The smallest absolute Gasteiger partial charge is 0.236 e. The molecule has 2 heterocycles. The molecule has 0 radical (unpaired) electrons. The van der Waals surface area contributed by atoms with E-state index in [4.69, 9.17) is 4.74 Å². The third-order valence-electron chi connectivity index (χ3n) is 5.03. The van der Waals surface area contributed by atoms with Crippen LogP contribution in [0.3, 0.4) is 0 Å². The molecule has 0 spiro atoms. The summed E-state index contributed by atoms with van der Waals surface area (Å²) in [6.07, 6.45) is 4.55. The molecular weight excluding hydrogens is 290 g/mol. The van der Waals surface area contributed by atoms with Gasteiger partial charge in [0.25, 0.3) is 0 Å². The number of likely N-dealkylation sites (tertiary alicyclic amines) is 1. The van der Waals surface area contributed by atoms with Gasteiger partial charge in [-0.15, -0.1) is 0 Å². The minimum atomic E-state index is 0.320. The number of amides is 1. The molecule has 0 atom stereocenters. The Balaban J connectivity index is 1.68. The Morgan fingerprint density at radius 3 is 2.17 bits per heavy atom. The first-order valence-electron chi connectivity index (χ1n) is 9.53. The molecule has 0 saturated carbocycles. The zero-order valence-corrected chi connectivity index (χ0v) is 15.1. The standard InChI is InChI=1S/C18H35N3O2/c1-3-7-21(8-4-2)18(22)16-19-9-5-17(6-10-19)15-20-11-13-23-14-12-20/h17H,3-16H2,1-2H3. The molecule has 134 valence electrons. The minimum Gasteiger partial charge on any atom is -0.379 e. The van der Waals surface area contributed by atoms with Crippen LogP contribution < -0.4 is 0 Å². The first-order chi connectivity index (χ1) is 11.2. The van der Waals surface area contributed by atoms with E-state index in [9.17, 15) is 4.79 Å². The summed E-state index contributed by atoms with van der Waals surface area (Å²) < 4.78 is 5.42. The third-order valence-corrected chi connectivity index (χ3v) is 5.03. The van der Waals surface area contributed by atoms with E-state index in [2.05, 4.69) is 23.6 Å². The summed E-state index contributed by atoms with van der Waals surface area (Å²) in [6.45, 7) is 14.0. The lowest BCUT2D eigenvalue weighted by molar-refractivity contribution is -0.132. The van der Waals surface area contributed by atoms with Crippen LogP contribution in [0.15, 0.2) is 0 Å². The fourth-order valence-electron chi connectivity index (χ4n) is 3.67. The second-order valence-electron chi connectivity index (χ2n) is 7.01. The fourth-order valence-corrected chi connectivity index (χ4v) is 3.67. The van der Waals surface area contributed by atoms with Crippen molar-refractivity contribution in [2.75, 3.05) is 65.6 Å². The number of hydrogen-bond donors (Lipinski definition) is 0. The van der Waals surface area contributed by atoms with Crippen LogP contribution in [0.4, 0.5) is 0 Å². The molecule has 23 heavy (non-hydrogen) atoms. The topological polar surface area (TPSA) is 36.0 Å². The van der Waals surface area contributed by atoms with Crippen molar-refractivity contribution in [2.45, 2.75) is 39.5 Å². The summed E-state index contributed by atoms with van der Waals surface area (Å²) in [5.41, 5.74) is 0. The molecule has 0 unspecified atom stereocenters. The van der Waals surface area contributed by atoms with Gasteiger partial charge in [-0.3, -0.25) is 14.6 Å². The average molecular weight is 325 g/mol. The van der Waals surface area contributed by atoms with Gasteiger partial charge in [-0.2, -0.15) is 0 Å². The molecule has 0 aromatic carbocycles. The van der Waals surface area contributed by atoms with E-state index in [0.29, 0.717) is 12.5 Å². The highest BCUT2D eigenvalue weighted by Crippen LogP contribution is 2.19. The quantitative estimate of drug-likeness (QED) is 0.680. The lowest BCUT2D eigenvalue weighted by Gasteiger charge is -2.36. The van der Waals surface area contributed by atoms with Gasteiger partial charge in [-0.1, -0.05) is 13.8 Å². The lowest BCUT2D eigenvalue weighted by Crippen LogP contribution is -2.46. The predicted octanol–water partition coefficient (Wildman–Crippen LogP) is 1.68. The normalized spacial score (nSPS) is 21.5. The summed E-state index contributed by atoms with van der Waals surface area (Å²) in [5, 5.41) is 0. The van der Waals surface area contributed by atoms with Gasteiger partial charge in [0.1, 0.15) is 0 Å². The zero-order chi connectivity index (χ0) is 16.5. The number of piperidine rings is 1. The van der Waals surface area contributed by atoms with Gasteiger partial charge in [-0.05, 0) is 44.7 Å². The maximum atomic E-state index is 12.5. The van der Waals surface area contributed by atoms with Crippen molar-refractivity contribution in [3.63, 3.8) is 0 Å². The van der Waals surface area contributed by atoms with Crippen molar-refractivity contribution in [1.82, 2.24) is 14.7 Å². The van der Waals surface area contributed by atoms with Crippen LogP contribution in [0.1, 0.15) is 39.5 Å². The van der Waals surface area contributed by atoms with Crippen LogP contribution in [0.2, 0.25) is 0 Å². The highest BCUT2D eigenvalue weighted by Gasteiger charge is 2.24. The Morgan fingerprint density at radius 2 is 1.61 bits per heavy atom. The highest BCUT2D eigenvalue weighted by atomic mass is 16.5. The van der Waals surface area contributed by atoms with Crippen molar-refractivity contribution >= 4 is 5.91 Å². The summed E-state index contributed by atoms with van der Waals surface area (Å²) in [7, 11) is 0. The molecule has 2 saturated heterocycles. The summed E-state index contributed by atoms with van der Waals surface area (Å²) in [4.78, 5) is 19.4. The van der Waals surface area contributed by atoms with E-state index in [1.807, 2.05) is 4.90 Å². The summed E-state index contributed by atoms with van der Waals surface area (Å²) in [5.74, 6) is 1.11. The molecule has 0 aromatic heterocycles. The molecule has 1 amide bonds. The molecule has 0 aromatic rings. The second kappa shape index (κ2) is 10.3. The van der Waals surface area contributed by atoms with Gasteiger partial charge in [0.05, 0.1) is 19.8 Å². The number of carbonyl (C=O) groups is 1. The van der Waals surface area contributed by atoms with Gasteiger partial charge in [-0.25, -0.2) is 0 Å². The van der Waals surface area contributed by atoms with Crippen molar-refractivity contribution in [3.05, 3.63) is 0 Å². The Morgan fingerprint density at radius 1 is 1.00 bits per heavy atom. The number of morpholine rings is 1. The molecule has 0 aliphatic carbocycles. The van der Waals surface area contributed by atoms with E-state index in [1.54, 1.807) is 0 Å². The van der Waals surface area contributed by atoms with Crippen molar-refractivity contribution in [2.24, 2.45) is 5.92 Å². The van der Waals surface area contributed by atoms with E-state index in [0.717, 1.165) is 71.2 Å². The maximum absolute atomic E-state index is 12.5. The molecule has 2 aliphatic rings. The second-order valence-corrected chi connectivity index (χ2v) is 7.01. The van der Waals surface area contributed by atoms with Crippen molar-refractivity contribution < 1.29 is 9.53 Å². The van der Waals surface area contributed by atoms with E-state index in [1.165, 1.54) is 19.4 Å². The van der Waals surface area contributed by atoms with Crippen LogP contribution in [0, 0.1) is 5.92 Å². The summed E-state index contributed by atoms with van der Waals surface area (Å²) in [6, 6.07) is 0. The van der Waals surface area contributed by atoms with E-state index in [-0.39, 0.29) is 0 Å². The molecule has 0 bridgehead atoms. The largest absolute Gasteiger partial charge is 0.379 e. The number of rotatable bonds is 8. The Bertz CT molecular complexity index is 331. The number of ether oxygens (including phenoxy) is 1. The molecule has 2 rings (SSSR count). The predicted molar refractivity (Wildman–Crippen MR) is 93.6 cm³/mol. The van der Waals surface area contributed by atoms with Crippen LogP contribution in [-0.2, 0) is 9.53 Å². The summed E-state index contributed by atoms with van der Waals surface area (Å²) >= 11 is 0. The van der Waals surface area contributed by atoms with E-state index < -0.39 is 0 Å². The molecular formula is C18H35N3O2. The molecule has 0 N–H and O–H groups in total. The molecule has 2 fully saturated rings. The first-order valence-corrected chi connectivity index (χ1v) is 9.53. The van der Waals surface area contributed by atoms with Crippen LogP contribution in [0.5, 0.6) is 0 Å². The molecule has 5 nitrogen and oxygen atoms in total. The first kappa shape index (κ1) is 18.7.